The molecule has 1 aromatic carbocycles. The van der Waals surface area contributed by atoms with Crippen molar-refractivity contribution in [3.8, 4) is 5.75 Å². The minimum Gasteiger partial charge on any atom is -0.496 e. The van der Waals surface area contributed by atoms with E-state index < -0.39 is 0 Å². The number of thiazole rings is 2. The van der Waals surface area contributed by atoms with E-state index in [2.05, 4.69) is 33.9 Å². The molecular weight excluding hydrogens is 542 g/mol. The number of carbonyl (C=O) groups is 2. The van der Waals surface area contributed by atoms with Gasteiger partial charge >= 0.3 is 5.97 Å². The zero-order chi connectivity index (χ0) is 29.6. The number of benzene rings is 1. The van der Waals surface area contributed by atoms with Crippen LogP contribution in [0, 0.1) is 0 Å². The first-order chi connectivity index (χ1) is 19.5. The molecule has 2 aromatic heterocycles. The van der Waals surface area contributed by atoms with E-state index in [0.717, 1.165) is 74.9 Å². The van der Waals surface area contributed by atoms with E-state index >= 15 is 0 Å². The normalized spacial score (nSPS) is 13.6. The number of likely N-dealkylation sites (tertiary alicyclic amines) is 1. The summed E-state index contributed by atoms with van der Waals surface area (Å²) in [6.45, 7) is 11.1. The Balaban J connectivity index is 0.000000438. The number of carbonyl (C=O) groups excluding carboxylic acids is 2. The number of esters is 1. The van der Waals surface area contributed by atoms with E-state index in [1.54, 1.807) is 41.5 Å². The van der Waals surface area contributed by atoms with Gasteiger partial charge in [-0.1, -0.05) is 46.6 Å². The second-order valence-corrected chi connectivity index (χ2v) is 10.5. The van der Waals surface area contributed by atoms with Crippen molar-refractivity contribution in [2.24, 2.45) is 0 Å². The van der Waals surface area contributed by atoms with Gasteiger partial charge in [0.1, 0.15) is 5.75 Å². The van der Waals surface area contributed by atoms with Crippen LogP contribution in [-0.4, -0.2) is 53.0 Å². The van der Waals surface area contributed by atoms with Crippen LogP contribution in [0.2, 0.25) is 0 Å². The SMILES string of the molecule is CC.CCCCOC(C)=O.CCCCc1ccc(C(=O)N2CCCC2Cc2cscn2)cc1OC.c1cscn1. The molecule has 222 valence electrons. The highest BCUT2D eigenvalue weighted by molar-refractivity contribution is 7.07. The summed E-state index contributed by atoms with van der Waals surface area (Å²) < 4.78 is 10.2. The van der Waals surface area contributed by atoms with Crippen molar-refractivity contribution in [1.82, 2.24) is 14.9 Å². The summed E-state index contributed by atoms with van der Waals surface area (Å²) in [6.07, 6.45) is 10.0. The van der Waals surface area contributed by atoms with Gasteiger partial charge in [0.15, 0.2) is 0 Å². The highest BCUT2D eigenvalue weighted by atomic mass is 32.1. The molecule has 0 N–H and O–H groups in total. The van der Waals surface area contributed by atoms with E-state index in [9.17, 15) is 9.59 Å². The second kappa shape index (κ2) is 22.0. The summed E-state index contributed by atoms with van der Waals surface area (Å²) in [6, 6.07) is 6.16. The van der Waals surface area contributed by atoms with Crippen molar-refractivity contribution in [3.05, 3.63) is 63.0 Å². The minimum absolute atomic E-state index is 0.109. The Hall–Kier alpha value is -2.78. The number of rotatable bonds is 10. The second-order valence-electron chi connectivity index (χ2n) is 8.98. The van der Waals surface area contributed by atoms with Crippen molar-refractivity contribution in [2.45, 2.75) is 92.0 Å². The number of ether oxygens (including phenoxy) is 2. The van der Waals surface area contributed by atoms with Gasteiger partial charge in [0.2, 0.25) is 0 Å². The Bertz CT molecular complexity index is 1030. The topological polar surface area (TPSA) is 81.6 Å². The summed E-state index contributed by atoms with van der Waals surface area (Å²) in [4.78, 5) is 33.3. The minimum atomic E-state index is -0.182. The number of amides is 1. The number of hydrogen-bond acceptors (Lipinski definition) is 8. The fraction of sp³-hybridized carbons (Fsp3) is 0.548. The maximum absolute atomic E-state index is 13.0. The third-order valence-corrected chi connectivity index (χ3v) is 7.21. The van der Waals surface area contributed by atoms with Crippen LogP contribution in [-0.2, 0) is 22.4 Å². The highest BCUT2D eigenvalue weighted by Crippen LogP contribution is 2.27. The van der Waals surface area contributed by atoms with Gasteiger partial charge < -0.3 is 14.4 Å². The quantitative estimate of drug-likeness (QED) is 0.177. The number of nitrogens with zero attached hydrogens (tertiary/aromatic N) is 3. The molecule has 0 saturated carbocycles. The van der Waals surface area contributed by atoms with E-state index in [4.69, 9.17) is 4.74 Å². The summed E-state index contributed by atoms with van der Waals surface area (Å²) in [7, 11) is 1.68. The summed E-state index contributed by atoms with van der Waals surface area (Å²) >= 11 is 3.21. The molecule has 9 heteroatoms. The van der Waals surface area contributed by atoms with Crippen LogP contribution in [0.15, 0.2) is 46.2 Å². The maximum Gasteiger partial charge on any atom is 0.302 e. The number of unbranched alkanes of at least 4 members (excludes halogenated alkanes) is 2. The fourth-order valence-electron chi connectivity index (χ4n) is 4.05. The first kappa shape index (κ1) is 35.2. The van der Waals surface area contributed by atoms with Crippen molar-refractivity contribution in [2.75, 3.05) is 20.3 Å². The molecule has 7 nitrogen and oxygen atoms in total. The van der Waals surface area contributed by atoms with E-state index in [-0.39, 0.29) is 17.9 Å². The molecule has 1 aliphatic heterocycles. The molecule has 40 heavy (non-hydrogen) atoms. The van der Waals surface area contributed by atoms with Gasteiger partial charge in [-0.2, -0.15) is 0 Å². The van der Waals surface area contributed by atoms with E-state index in [0.29, 0.717) is 6.61 Å². The van der Waals surface area contributed by atoms with Gasteiger partial charge in [0, 0.05) is 48.5 Å². The van der Waals surface area contributed by atoms with Gasteiger partial charge in [0.25, 0.3) is 5.91 Å². The average Bonchev–Trinajstić information content (AvgIpc) is 3.78. The Labute approximate surface area is 249 Å². The van der Waals surface area contributed by atoms with Crippen LogP contribution in [0.3, 0.4) is 0 Å². The Morgan fingerprint density at radius 3 is 2.42 bits per heavy atom. The lowest BCUT2D eigenvalue weighted by Gasteiger charge is -2.24. The van der Waals surface area contributed by atoms with Crippen LogP contribution in [0.25, 0.3) is 0 Å². The first-order valence-corrected chi connectivity index (χ1v) is 16.2. The van der Waals surface area contributed by atoms with Gasteiger partial charge in [-0.15, -0.1) is 22.7 Å². The molecule has 1 unspecified atom stereocenters. The predicted molar refractivity (Wildman–Crippen MR) is 166 cm³/mol. The summed E-state index contributed by atoms with van der Waals surface area (Å²) in [5.74, 6) is 0.756. The number of aromatic nitrogens is 2. The van der Waals surface area contributed by atoms with Crippen LogP contribution in [0.5, 0.6) is 5.75 Å². The molecule has 1 atom stereocenters. The van der Waals surface area contributed by atoms with Crippen molar-refractivity contribution >= 4 is 34.6 Å². The molecule has 3 aromatic rings. The molecule has 3 heterocycles. The van der Waals surface area contributed by atoms with Crippen molar-refractivity contribution in [1.29, 1.82) is 0 Å². The van der Waals surface area contributed by atoms with Gasteiger partial charge in [-0.05, 0) is 49.8 Å². The highest BCUT2D eigenvalue weighted by Gasteiger charge is 2.30. The van der Waals surface area contributed by atoms with Crippen LogP contribution in [0.4, 0.5) is 0 Å². The van der Waals surface area contributed by atoms with Crippen LogP contribution < -0.4 is 4.74 Å². The predicted octanol–water partition coefficient (Wildman–Crippen LogP) is 7.86. The maximum atomic E-state index is 13.0. The third kappa shape index (κ3) is 13.5. The zero-order valence-electron chi connectivity index (χ0n) is 25.1. The van der Waals surface area contributed by atoms with E-state index in [1.165, 1.54) is 12.5 Å². The summed E-state index contributed by atoms with van der Waals surface area (Å²) in [5, 5.41) is 4.01. The number of methoxy groups -OCH3 is 1. The Kier molecular flexibility index (Phi) is 19.4. The van der Waals surface area contributed by atoms with Gasteiger partial charge in [-0.3, -0.25) is 14.6 Å². The molecule has 0 spiro atoms. The molecular formula is C31H47N3O4S2. The lowest BCUT2D eigenvalue weighted by Crippen LogP contribution is -2.36. The molecule has 0 aliphatic carbocycles. The first-order valence-electron chi connectivity index (χ1n) is 14.3. The number of hydrogen-bond donors (Lipinski definition) is 0. The Morgan fingerprint density at radius 1 is 1.10 bits per heavy atom. The molecule has 4 rings (SSSR count). The molecule has 0 radical (unpaired) electrons. The van der Waals surface area contributed by atoms with Crippen molar-refractivity contribution in [3.63, 3.8) is 0 Å². The molecule has 1 aliphatic rings. The number of aryl methyl sites for hydroxylation is 1. The third-order valence-electron chi connectivity index (χ3n) is 6.05. The van der Waals surface area contributed by atoms with E-state index in [1.807, 2.05) is 47.8 Å². The summed E-state index contributed by atoms with van der Waals surface area (Å²) in [5.41, 5.74) is 6.64. The standard InChI is InChI=1S/C20H26N2O2S.C6H12O2.C3H3NS.C2H6/c1-3-4-6-15-8-9-16(11-19(15)24-2)20(23)22-10-5-7-18(22)12-17-13-25-14-21-17;1-3-4-5-8-6(2)7;1-2-5-3-4-1;1-2/h8-9,11,13-14,18H,3-7,10,12H2,1-2H3;3-5H2,1-2H3;1-3H;1-2H3. The van der Waals surface area contributed by atoms with Crippen LogP contribution in [0.1, 0.15) is 94.8 Å². The van der Waals surface area contributed by atoms with Crippen LogP contribution >= 0.6 is 22.7 Å². The van der Waals surface area contributed by atoms with Gasteiger partial charge in [-0.25, -0.2) is 4.98 Å². The fourth-order valence-corrected chi connectivity index (χ4v) is 4.97. The largest absolute Gasteiger partial charge is 0.496 e. The lowest BCUT2D eigenvalue weighted by atomic mass is 10.0. The van der Waals surface area contributed by atoms with Gasteiger partial charge in [0.05, 0.1) is 30.4 Å². The monoisotopic (exact) mass is 589 g/mol. The smallest absolute Gasteiger partial charge is 0.302 e. The lowest BCUT2D eigenvalue weighted by molar-refractivity contribution is -0.141. The molecule has 1 saturated heterocycles. The Morgan fingerprint density at radius 2 is 1.88 bits per heavy atom. The van der Waals surface area contributed by atoms with Crippen molar-refractivity contribution < 1.29 is 19.1 Å². The average molecular weight is 590 g/mol. The molecule has 1 amide bonds. The molecule has 1 fully saturated rings. The molecule has 0 bridgehead atoms. The zero-order valence-corrected chi connectivity index (χ0v) is 26.7.